The SMILES string of the molecule is CC(=O)NC1CCN(c2ccc(F)cc2C=O)CC1. The summed E-state index contributed by atoms with van der Waals surface area (Å²) in [6.07, 6.45) is 2.34. The van der Waals surface area contributed by atoms with Crippen molar-refractivity contribution in [3.63, 3.8) is 0 Å². The molecule has 0 bridgehead atoms. The van der Waals surface area contributed by atoms with Gasteiger partial charge >= 0.3 is 0 Å². The van der Waals surface area contributed by atoms with Gasteiger partial charge in [0.25, 0.3) is 0 Å². The highest BCUT2D eigenvalue weighted by Crippen LogP contribution is 2.24. The number of anilines is 1. The van der Waals surface area contributed by atoms with Crippen LogP contribution in [0.3, 0.4) is 0 Å². The summed E-state index contributed by atoms with van der Waals surface area (Å²) < 4.78 is 13.1. The molecule has 1 aromatic carbocycles. The Morgan fingerprint density at radius 2 is 2.11 bits per heavy atom. The van der Waals surface area contributed by atoms with Gasteiger partial charge < -0.3 is 10.2 Å². The number of carbonyl (C=O) groups excluding carboxylic acids is 2. The van der Waals surface area contributed by atoms with E-state index in [2.05, 4.69) is 10.2 Å². The third-order valence-electron chi connectivity index (χ3n) is 3.36. The summed E-state index contributed by atoms with van der Waals surface area (Å²) in [6.45, 7) is 3.01. The van der Waals surface area contributed by atoms with Gasteiger partial charge in [0, 0.05) is 37.3 Å². The van der Waals surface area contributed by atoms with Gasteiger partial charge in [-0.15, -0.1) is 0 Å². The molecule has 1 aliphatic heterocycles. The topological polar surface area (TPSA) is 49.4 Å². The second kappa shape index (κ2) is 5.82. The summed E-state index contributed by atoms with van der Waals surface area (Å²) in [7, 11) is 0. The van der Waals surface area contributed by atoms with E-state index in [9.17, 15) is 14.0 Å². The fraction of sp³-hybridized carbons (Fsp3) is 0.429. The minimum Gasteiger partial charge on any atom is -0.371 e. The zero-order chi connectivity index (χ0) is 13.8. The number of hydrogen-bond donors (Lipinski definition) is 1. The summed E-state index contributed by atoms with van der Waals surface area (Å²) in [5, 5.41) is 2.90. The lowest BCUT2D eigenvalue weighted by Gasteiger charge is -2.34. The lowest BCUT2D eigenvalue weighted by atomic mass is 10.0. The third kappa shape index (κ3) is 3.30. The van der Waals surface area contributed by atoms with Gasteiger partial charge in [-0.3, -0.25) is 9.59 Å². The predicted octanol–water partition coefficient (Wildman–Crippen LogP) is 1.74. The van der Waals surface area contributed by atoms with Crippen molar-refractivity contribution in [1.82, 2.24) is 5.32 Å². The van der Waals surface area contributed by atoms with Gasteiger partial charge in [0.05, 0.1) is 0 Å². The highest BCUT2D eigenvalue weighted by Gasteiger charge is 2.21. The van der Waals surface area contributed by atoms with Crippen LogP contribution in [0.5, 0.6) is 0 Å². The van der Waals surface area contributed by atoms with Crippen molar-refractivity contribution in [2.75, 3.05) is 18.0 Å². The van der Waals surface area contributed by atoms with Crippen LogP contribution in [0, 0.1) is 5.82 Å². The molecule has 1 aromatic rings. The van der Waals surface area contributed by atoms with Gasteiger partial charge in [0.2, 0.25) is 5.91 Å². The lowest BCUT2D eigenvalue weighted by Crippen LogP contribution is -2.44. The number of nitrogens with zero attached hydrogens (tertiary/aromatic N) is 1. The Bertz CT molecular complexity index is 482. The van der Waals surface area contributed by atoms with Crippen LogP contribution in [0.25, 0.3) is 0 Å². The number of nitrogens with one attached hydrogen (secondary N) is 1. The zero-order valence-corrected chi connectivity index (χ0v) is 10.9. The molecule has 4 nitrogen and oxygen atoms in total. The number of rotatable bonds is 3. The zero-order valence-electron chi connectivity index (χ0n) is 10.9. The van der Waals surface area contributed by atoms with Crippen LogP contribution in [0.1, 0.15) is 30.1 Å². The van der Waals surface area contributed by atoms with E-state index >= 15 is 0 Å². The number of halogens is 1. The molecule has 1 N–H and O–H groups in total. The molecule has 0 aliphatic carbocycles. The summed E-state index contributed by atoms with van der Waals surface area (Å²) in [5.74, 6) is -0.423. The lowest BCUT2D eigenvalue weighted by molar-refractivity contribution is -0.119. The number of amides is 1. The van der Waals surface area contributed by atoms with E-state index in [-0.39, 0.29) is 11.9 Å². The molecule has 19 heavy (non-hydrogen) atoms. The fourth-order valence-electron chi connectivity index (χ4n) is 2.46. The first-order chi connectivity index (χ1) is 9.10. The molecule has 0 unspecified atom stereocenters. The molecule has 0 atom stereocenters. The maximum absolute atomic E-state index is 13.1. The number of hydrogen-bond acceptors (Lipinski definition) is 3. The van der Waals surface area contributed by atoms with Crippen molar-refractivity contribution >= 4 is 17.9 Å². The summed E-state index contributed by atoms with van der Waals surface area (Å²) >= 11 is 0. The number of benzene rings is 1. The Balaban J connectivity index is 2.05. The third-order valence-corrected chi connectivity index (χ3v) is 3.36. The summed E-state index contributed by atoms with van der Waals surface area (Å²) in [6, 6.07) is 4.44. The van der Waals surface area contributed by atoms with Crippen molar-refractivity contribution in [2.24, 2.45) is 0 Å². The molecular formula is C14H17FN2O2. The van der Waals surface area contributed by atoms with Crippen LogP contribution in [0.4, 0.5) is 10.1 Å². The standard InChI is InChI=1S/C14H17FN2O2/c1-10(19)16-13-4-6-17(7-5-13)14-3-2-12(15)8-11(14)9-18/h2-3,8-9,13H,4-7H2,1H3,(H,16,19). The van der Waals surface area contributed by atoms with Crippen molar-refractivity contribution in [3.05, 3.63) is 29.6 Å². The molecule has 0 radical (unpaired) electrons. The van der Waals surface area contributed by atoms with Crippen molar-refractivity contribution < 1.29 is 14.0 Å². The molecule has 0 saturated carbocycles. The first-order valence-electron chi connectivity index (χ1n) is 6.37. The van der Waals surface area contributed by atoms with Crippen LogP contribution >= 0.6 is 0 Å². The maximum atomic E-state index is 13.1. The molecule has 1 amide bonds. The van der Waals surface area contributed by atoms with E-state index in [0.29, 0.717) is 11.8 Å². The second-order valence-electron chi connectivity index (χ2n) is 4.78. The summed E-state index contributed by atoms with van der Waals surface area (Å²) in [4.78, 5) is 24.0. The van der Waals surface area contributed by atoms with Crippen LogP contribution in [-0.2, 0) is 4.79 Å². The van der Waals surface area contributed by atoms with Gasteiger partial charge in [0.1, 0.15) is 5.82 Å². The smallest absolute Gasteiger partial charge is 0.217 e. The highest BCUT2D eigenvalue weighted by atomic mass is 19.1. The first kappa shape index (κ1) is 13.5. The van der Waals surface area contributed by atoms with Crippen LogP contribution in [0.2, 0.25) is 0 Å². The summed E-state index contributed by atoms with van der Waals surface area (Å²) in [5.41, 5.74) is 1.13. The fourth-order valence-corrected chi connectivity index (χ4v) is 2.46. The van der Waals surface area contributed by atoms with E-state index in [1.807, 2.05) is 0 Å². The van der Waals surface area contributed by atoms with E-state index in [0.717, 1.165) is 31.6 Å². The van der Waals surface area contributed by atoms with Gasteiger partial charge in [0.15, 0.2) is 6.29 Å². The van der Waals surface area contributed by atoms with E-state index in [4.69, 9.17) is 0 Å². The molecule has 2 rings (SSSR count). The molecule has 5 heteroatoms. The Morgan fingerprint density at radius 1 is 1.42 bits per heavy atom. The van der Waals surface area contributed by atoms with Crippen molar-refractivity contribution in [3.8, 4) is 0 Å². The molecule has 0 aromatic heterocycles. The normalized spacial score (nSPS) is 16.2. The molecule has 0 spiro atoms. The molecule has 1 heterocycles. The minimum atomic E-state index is -0.404. The Kier molecular flexibility index (Phi) is 4.14. The molecule has 1 aliphatic rings. The quantitative estimate of drug-likeness (QED) is 0.846. The Morgan fingerprint density at radius 3 is 2.68 bits per heavy atom. The second-order valence-corrected chi connectivity index (χ2v) is 4.78. The van der Waals surface area contributed by atoms with Crippen molar-refractivity contribution in [2.45, 2.75) is 25.8 Å². The molecule has 1 fully saturated rings. The minimum absolute atomic E-state index is 0.0196. The Hall–Kier alpha value is -1.91. The van der Waals surface area contributed by atoms with E-state index < -0.39 is 5.82 Å². The van der Waals surface area contributed by atoms with Crippen LogP contribution in [-0.4, -0.2) is 31.3 Å². The van der Waals surface area contributed by atoms with Crippen LogP contribution in [0.15, 0.2) is 18.2 Å². The maximum Gasteiger partial charge on any atom is 0.217 e. The Labute approximate surface area is 111 Å². The van der Waals surface area contributed by atoms with Crippen LogP contribution < -0.4 is 10.2 Å². The number of piperidine rings is 1. The molecule has 102 valence electrons. The average molecular weight is 264 g/mol. The largest absolute Gasteiger partial charge is 0.371 e. The highest BCUT2D eigenvalue weighted by molar-refractivity contribution is 5.84. The van der Waals surface area contributed by atoms with E-state index in [1.54, 1.807) is 6.07 Å². The monoisotopic (exact) mass is 264 g/mol. The number of aldehydes is 1. The van der Waals surface area contributed by atoms with Gasteiger partial charge in [-0.2, -0.15) is 0 Å². The molecular weight excluding hydrogens is 247 g/mol. The molecule has 1 saturated heterocycles. The van der Waals surface area contributed by atoms with Gasteiger partial charge in [-0.05, 0) is 31.0 Å². The van der Waals surface area contributed by atoms with Crippen molar-refractivity contribution in [1.29, 1.82) is 0 Å². The first-order valence-corrected chi connectivity index (χ1v) is 6.37. The van der Waals surface area contributed by atoms with Gasteiger partial charge in [-0.25, -0.2) is 4.39 Å². The predicted molar refractivity (Wildman–Crippen MR) is 70.8 cm³/mol. The van der Waals surface area contributed by atoms with E-state index in [1.165, 1.54) is 19.1 Å². The van der Waals surface area contributed by atoms with Gasteiger partial charge in [-0.1, -0.05) is 0 Å². The number of carbonyl (C=O) groups is 2. The average Bonchev–Trinajstić information content (AvgIpc) is 2.39.